The number of ether oxygens (including phenoxy) is 2. The summed E-state index contributed by atoms with van der Waals surface area (Å²) in [5.41, 5.74) is 0.778. The summed E-state index contributed by atoms with van der Waals surface area (Å²) in [4.78, 5) is 11.9. The van der Waals surface area contributed by atoms with Crippen molar-refractivity contribution in [3.8, 4) is 11.8 Å². The number of nitrogens with zero attached hydrogens (tertiary/aromatic N) is 1. The number of hydrogen-bond donors (Lipinski definition) is 1. The number of carbonyl (C=O) groups excluding carboxylic acids is 1. The van der Waals surface area contributed by atoms with Crippen LogP contribution < -0.4 is 10.1 Å². The normalized spacial score (nSPS) is 10.7. The first-order valence-corrected chi connectivity index (χ1v) is 7.83. The molecular weight excluding hydrogens is 360 g/mol. The fraction of sp³-hybridized carbons (Fsp3) is 0.294. The van der Waals surface area contributed by atoms with Gasteiger partial charge in [-0.3, -0.25) is 4.79 Å². The summed E-state index contributed by atoms with van der Waals surface area (Å²) >= 11 is 3.40. The van der Waals surface area contributed by atoms with Gasteiger partial charge in [0.05, 0.1) is 4.47 Å². The molecule has 0 saturated carbocycles. The molecule has 0 fully saturated rings. The summed E-state index contributed by atoms with van der Waals surface area (Å²) in [6.45, 7) is 5.02. The summed E-state index contributed by atoms with van der Waals surface area (Å²) < 4.78 is 11.1. The van der Waals surface area contributed by atoms with E-state index in [9.17, 15) is 4.79 Å². The van der Waals surface area contributed by atoms with E-state index in [2.05, 4.69) is 27.8 Å². The summed E-state index contributed by atoms with van der Waals surface area (Å²) in [5, 5.41) is 11.8. The molecule has 1 N–H and O–H groups in total. The number of nitrogens with one attached hydrogen (secondary N) is 1. The molecule has 0 aliphatic rings. The maximum atomic E-state index is 11.9. The Morgan fingerprint density at radius 2 is 2.30 bits per heavy atom. The number of amides is 1. The highest BCUT2D eigenvalue weighted by Crippen LogP contribution is 2.27. The zero-order chi connectivity index (χ0) is 17.1. The van der Waals surface area contributed by atoms with Gasteiger partial charge in [-0.2, -0.15) is 5.26 Å². The molecule has 0 saturated heterocycles. The molecule has 0 aliphatic heterocycles. The Kier molecular flexibility index (Phi) is 8.73. The lowest BCUT2D eigenvalue weighted by atomic mass is 10.1. The highest BCUT2D eigenvalue weighted by Gasteiger charge is 2.09. The third-order valence-corrected chi connectivity index (χ3v) is 3.42. The van der Waals surface area contributed by atoms with Gasteiger partial charge in [0.2, 0.25) is 0 Å². The van der Waals surface area contributed by atoms with Gasteiger partial charge in [0.15, 0.2) is 0 Å². The van der Waals surface area contributed by atoms with Crippen molar-refractivity contribution in [2.45, 2.75) is 6.42 Å². The van der Waals surface area contributed by atoms with Gasteiger partial charge >= 0.3 is 0 Å². The van der Waals surface area contributed by atoms with Gasteiger partial charge in [0.1, 0.15) is 24.0 Å². The Morgan fingerprint density at radius 1 is 1.52 bits per heavy atom. The lowest BCUT2D eigenvalue weighted by Gasteiger charge is -2.07. The monoisotopic (exact) mass is 378 g/mol. The van der Waals surface area contributed by atoms with E-state index in [0.717, 1.165) is 10.0 Å². The van der Waals surface area contributed by atoms with E-state index in [0.29, 0.717) is 31.9 Å². The number of nitriles is 1. The van der Waals surface area contributed by atoms with Gasteiger partial charge in [-0.05, 0) is 46.1 Å². The topological polar surface area (TPSA) is 71.3 Å². The second kappa shape index (κ2) is 10.6. The van der Waals surface area contributed by atoms with Gasteiger partial charge in [-0.25, -0.2) is 0 Å². The SMILES string of the molecule is C=CCOc1ccc(/C=C(\C#N)C(=O)NCCCOC)cc1Br. The molecule has 0 unspecified atom stereocenters. The molecule has 0 spiro atoms. The highest BCUT2D eigenvalue weighted by atomic mass is 79.9. The Balaban J connectivity index is 2.77. The second-order valence-electron chi connectivity index (χ2n) is 4.56. The van der Waals surface area contributed by atoms with Crippen molar-refractivity contribution in [3.63, 3.8) is 0 Å². The first kappa shape index (κ1) is 18.9. The second-order valence-corrected chi connectivity index (χ2v) is 5.42. The van der Waals surface area contributed by atoms with Gasteiger partial charge < -0.3 is 14.8 Å². The van der Waals surface area contributed by atoms with Crippen LogP contribution in [0.2, 0.25) is 0 Å². The zero-order valence-corrected chi connectivity index (χ0v) is 14.6. The first-order chi connectivity index (χ1) is 11.1. The highest BCUT2D eigenvalue weighted by molar-refractivity contribution is 9.10. The minimum Gasteiger partial charge on any atom is -0.488 e. The van der Waals surface area contributed by atoms with Gasteiger partial charge in [-0.1, -0.05) is 18.7 Å². The molecule has 1 rings (SSSR count). The minimum absolute atomic E-state index is 0.0501. The number of halogens is 1. The number of methoxy groups -OCH3 is 1. The predicted molar refractivity (Wildman–Crippen MR) is 92.9 cm³/mol. The molecule has 23 heavy (non-hydrogen) atoms. The summed E-state index contributed by atoms with van der Waals surface area (Å²) in [7, 11) is 1.60. The molecule has 122 valence electrons. The fourth-order valence-corrected chi connectivity index (χ4v) is 2.21. The van der Waals surface area contributed by atoms with E-state index in [1.54, 1.807) is 31.4 Å². The van der Waals surface area contributed by atoms with Crippen LogP contribution in [0, 0.1) is 11.3 Å². The maximum Gasteiger partial charge on any atom is 0.261 e. The van der Waals surface area contributed by atoms with Crippen LogP contribution in [0.3, 0.4) is 0 Å². The molecule has 1 amide bonds. The predicted octanol–water partition coefficient (Wildman–Crippen LogP) is 3.07. The summed E-state index contributed by atoms with van der Waals surface area (Å²) in [6.07, 6.45) is 3.89. The maximum absolute atomic E-state index is 11.9. The van der Waals surface area contributed by atoms with Crippen molar-refractivity contribution in [1.82, 2.24) is 5.32 Å². The van der Waals surface area contributed by atoms with Crippen molar-refractivity contribution in [3.05, 3.63) is 46.5 Å². The van der Waals surface area contributed by atoms with Crippen molar-refractivity contribution in [1.29, 1.82) is 5.26 Å². The van der Waals surface area contributed by atoms with Crippen molar-refractivity contribution < 1.29 is 14.3 Å². The molecule has 0 aliphatic carbocycles. The molecule has 0 bridgehead atoms. The van der Waals surface area contributed by atoms with E-state index < -0.39 is 5.91 Å². The summed E-state index contributed by atoms with van der Waals surface area (Å²) in [6, 6.07) is 7.25. The molecule has 0 heterocycles. The molecule has 1 aromatic carbocycles. The van der Waals surface area contributed by atoms with Crippen LogP contribution in [0.5, 0.6) is 5.75 Å². The Bertz CT molecular complexity index is 621. The molecule has 0 atom stereocenters. The Labute approximate surface area is 144 Å². The van der Waals surface area contributed by atoms with Crippen LogP contribution in [-0.4, -0.2) is 32.8 Å². The standard InChI is InChI=1S/C17H19BrN2O3/c1-3-8-23-16-6-5-13(11-15(16)18)10-14(12-19)17(21)20-7-4-9-22-2/h3,5-6,10-11H,1,4,7-9H2,2H3,(H,20,21)/b14-10+. The van der Waals surface area contributed by atoms with Crippen molar-refractivity contribution in [2.75, 3.05) is 26.9 Å². The van der Waals surface area contributed by atoms with E-state index >= 15 is 0 Å². The van der Waals surface area contributed by atoms with Gasteiger partial charge in [0, 0.05) is 20.3 Å². The van der Waals surface area contributed by atoms with Crippen LogP contribution >= 0.6 is 15.9 Å². The molecule has 5 nitrogen and oxygen atoms in total. The number of hydrogen-bond acceptors (Lipinski definition) is 4. The van der Waals surface area contributed by atoms with Crippen LogP contribution in [0.15, 0.2) is 40.9 Å². The van der Waals surface area contributed by atoms with Crippen LogP contribution in [-0.2, 0) is 9.53 Å². The molecule has 1 aromatic rings. The van der Waals surface area contributed by atoms with E-state index in [1.807, 2.05) is 6.07 Å². The minimum atomic E-state index is -0.397. The van der Waals surface area contributed by atoms with Crippen molar-refractivity contribution in [2.24, 2.45) is 0 Å². The number of carbonyl (C=O) groups is 1. The molecule has 0 radical (unpaired) electrons. The number of rotatable bonds is 9. The quantitative estimate of drug-likeness (QED) is 0.310. The lowest BCUT2D eigenvalue weighted by molar-refractivity contribution is -0.117. The largest absolute Gasteiger partial charge is 0.488 e. The Morgan fingerprint density at radius 3 is 2.91 bits per heavy atom. The molecular formula is C17H19BrN2O3. The lowest BCUT2D eigenvalue weighted by Crippen LogP contribution is -2.26. The van der Waals surface area contributed by atoms with Crippen molar-refractivity contribution >= 4 is 27.9 Å². The average molecular weight is 379 g/mol. The molecule has 0 aromatic heterocycles. The average Bonchev–Trinajstić information content (AvgIpc) is 2.55. The van der Waals surface area contributed by atoms with E-state index in [4.69, 9.17) is 14.7 Å². The fourth-order valence-electron chi connectivity index (χ4n) is 1.70. The van der Waals surface area contributed by atoms with Gasteiger partial charge in [0.25, 0.3) is 5.91 Å². The Hall–Kier alpha value is -2.10. The van der Waals surface area contributed by atoms with Crippen LogP contribution in [0.25, 0.3) is 6.08 Å². The van der Waals surface area contributed by atoms with E-state index in [-0.39, 0.29) is 5.57 Å². The smallest absolute Gasteiger partial charge is 0.261 e. The number of benzene rings is 1. The zero-order valence-electron chi connectivity index (χ0n) is 13.0. The first-order valence-electron chi connectivity index (χ1n) is 7.04. The van der Waals surface area contributed by atoms with Crippen LogP contribution in [0.4, 0.5) is 0 Å². The summed E-state index contributed by atoms with van der Waals surface area (Å²) in [5.74, 6) is 0.274. The van der Waals surface area contributed by atoms with E-state index in [1.165, 1.54) is 6.08 Å². The third kappa shape index (κ3) is 6.68. The molecule has 6 heteroatoms. The van der Waals surface area contributed by atoms with Crippen LogP contribution in [0.1, 0.15) is 12.0 Å². The third-order valence-electron chi connectivity index (χ3n) is 2.80. The van der Waals surface area contributed by atoms with Gasteiger partial charge in [-0.15, -0.1) is 0 Å².